The smallest absolute Gasteiger partial charge is 0.218 e. The van der Waals surface area contributed by atoms with E-state index in [0.29, 0.717) is 62.1 Å². The maximum Gasteiger partial charge on any atom is 0.218 e. The third-order valence-electron chi connectivity index (χ3n) is 9.14. The number of ketones is 1. The number of benzene rings is 1. The lowest BCUT2D eigenvalue weighted by Gasteiger charge is -2.47. The number of carbonyl (C=O) groups excluding carboxylic acids is 1. The van der Waals surface area contributed by atoms with Crippen LogP contribution in [0.4, 0.5) is 5.69 Å². The first kappa shape index (κ1) is 22.9. The molecule has 7 aliphatic rings. The number of quaternary nitrogens is 2. The largest absolute Gasteiger partial charge is 0.487 e. The number of Topliss-reactive ketones (excluding diaryl/α,β-unsaturated/α-hetero) is 1. The van der Waals surface area contributed by atoms with Crippen molar-refractivity contribution in [3.63, 3.8) is 0 Å². The first-order valence-corrected chi connectivity index (χ1v) is 13.3. The van der Waals surface area contributed by atoms with Crippen LogP contribution >= 0.6 is 0 Å². The maximum atomic E-state index is 14.2. The summed E-state index contributed by atoms with van der Waals surface area (Å²) in [6.45, 7) is 10.8. The van der Waals surface area contributed by atoms with E-state index in [9.17, 15) is 4.79 Å². The molecule has 2 atom stereocenters. The second-order valence-electron chi connectivity index (χ2n) is 10.7. The number of hydrogen-bond donors (Lipinski definition) is 1. The molecule has 1 aromatic rings. The standard InChI is InChI=1S/C27H35N3O6/c1-2-34-25-21-20-18-4-3-5-19(20)29(6-12-32-13-7-29)10-16-35-26-23(25)30(8-14-33-15-9-30)11-17-36-27(26,28)22(21)24(18)31/h3-5,22H,2,6-17,28H2,1H3/q+2. The van der Waals surface area contributed by atoms with Gasteiger partial charge in [0.05, 0.1) is 45.2 Å². The average Bonchev–Trinajstić information content (AvgIpc) is 3.16. The van der Waals surface area contributed by atoms with Crippen molar-refractivity contribution in [1.82, 2.24) is 4.48 Å². The summed E-state index contributed by atoms with van der Waals surface area (Å²) in [5, 5.41) is 0. The van der Waals surface area contributed by atoms with Crippen LogP contribution in [0.25, 0.3) is 5.57 Å². The molecule has 2 N–H and O–H groups in total. The lowest BCUT2D eigenvalue weighted by molar-refractivity contribution is -0.899. The van der Waals surface area contributed by atoms with Crippen LogP contribution in [-0.2, 0) is 23.7 Å². The number of nitrogens with zero attached hydrogens (tertiary/aromatic N) is 2. The Kier molecular flexibility index (Phi) is 5.16. The van der Waals surface area contributed by atoms with Gasteiger partial charge in [-0.2, -0.15) is 0 Å². The van der Waals surface area contributed by atoms with Crippen LogP contribution in [0.3, 0.4) is 0 Å². The second-order valence-corrected chi connectivity index (χ2v) is 10.7. The molecule has 2 spiro atoms. The maximum absolute atomic E-state index is 14.2. The summed E-state index contributed by atoms with van der Waals surface area (Å²) in [7, 11) is 0. The number of fused-ring (bicyclic) bond motifs is 2. The number of carbonyl (C=O) groups is 1. The number of morpholine rings is 2. The molecule has 9 nitrogen and oxygen atoms in total. The van der Waals surface area contributed by atoms with Gasteiger partial charge in [-0.25, -0.2) is 0 Å². The monoisotopic (exact) mass is 497 g/mol. The summed E-state index contributed by atoms with van der Waals surface area (Å²) in [4.78, 5) is 14.2. The lowest BCUT2D eigenvalue weighted by atomic mass is 9.79. The van der Waals surface area contributed by atoms with E-state index in [2.05, 4.69) is 6.07 Å². The van der Waals surface area contributed by atoms with Gasteiger partial charge in [0.15, 0.2) is 17.3 Å². The number of rotatable bonds is 2. The summed E-state index contributed by atoms with van der Waals surface area (Å²) in [6, 6.07) is 6.12. The highest BCUT2D eigenvalue weighted by Crippen LogP contribution is 2.58. The molecule has 2 unspecified atom stereocenters. The van der Waals surface area contributed by atoms with Gasteiger partial charge in [-0.3, -0.25) is 19.5 Å². The van der Waals surface area contributed by atoms with Gasteiger partial charge in [-0.1, -0.05) is 12.1 Å². The van der Waals surface area contributed by atoms with Crippen LogP contribution in [0.5, 0.6) is 0 Å². The third kappa shape index (κ3) is 2.90. The van der Waals surface area contributed by atoms with Crippen LogP contribution in [0.1, 0.15) is 22.8 Å². The topological polar surface area (TPSA) is 89.2 Å². The minimum atomic E-state index is -1.37. The first-order valence-electron chi connectivity index (χ1n) is 13.3. The highest BCUT2D eigenvalue weighted by molar-refractivity contribution is 6.18. The lowest BCUT2D eigenvalue weighted by Crippen LogP contribution is -2.61. The van der Waals surface area contributed by atoms with Crippen molar-refractivity contribution in [2.24, 2.45) is 11.7 Å². The Morgan fingerprint density at radius 2 is 1.64 bits per heavy atom. The van der Waals surface area contributed by atoms with Gasteiger partial charge in [0, 0.05) is 11.1 Å². The van der Waals surface area contributed by atoms with Crippen molar-refractivity contribution in [2.75, 3.05) is 85.5 Å². The molecule has 6 bridgehead atoms. The molecule has 2 saturated heterocycles. The quantitative estimate of drug-likeness (QED) is 0.618. The van der Waals surface area contributed by atoms with Crippen LogP contribution in [0, 0.1) is 5.92 Å². The van der Waals surface area contributed by atoms with Crippen LogP contribution in [0.2, 0.25) is 0 Å². The number of ether oxygens (including phenoxy) is 5. The van der Waals surface area contributed by atoms with E-state index in [4.69, 9.17) is 29.4 Å². The molecule has 0 saturated carbocycles. The van der Waals surface area contributed by atoms with Crippen LogP contribution in [0.15, 0.2) is 35.4 Å². The molecule has 2 fully saturated rings. The Morgan fingerprint density at radius 1 is 0.972 bits per heavy atom. The minimum Gasteiger partial charge on any atom is -0.487 e. The Bertz CT molecular complexity index is 1180. The summed E-state index contributed by atoms with van der Waals surface area (Å²) in [5.74, 6) is 0.631. The molecule has 2 aliphatic carbocycles. The third-order valence-corrected chi connectivity index (χ3v) is 9.14. The predicted octanol–water partition coefficient (Wildman–Crippen LogP) is 1.37. The van der Waals surface area contributed by atoms with Gasteiger partial charge < -0.3 is 23.7 Å². The molecule has 0 amide bonds. The second kappa shape index (κ2) is 8.11. The Balaban J connectivity index is 1.57. The van der Waals surface area contributed by atoms with Crippen LogP contribution < -0.4 is 10.2 Å². The zero-order chi connectivity index (χ0) is 24.5. The van der Waals surface area contributed by atoms with Crippen molar-refractivity contribution in [2.45, 2.75) is 12.6 Å². The summed E-state index contributed by atoms with van der Waals surface area (Å²) < 4.78 is 32.7. The van der Waals surface area contributed by atoms with E-state index in [1.54, 1.807) is 0 Å². The molecule has 5 aliphatic heterocycles. The van der Waals surface area contributed by atoms with Gasteiger partial charge in [0.2, 0.25) is 11.5 Å². The van der Waals surface area contributed by atoms with Crippen molar-refractivity contribution in [3.8, 4) is 0 Å². The Hall–Kier alpha value is -2.27. The fourth-order valence-corrected chi connectivity index (χ4v) is 7.35. The Morgan fingerprint density at radius 3 is 2.36 bits per heavy atom. The summed E-state index contributed by atoms with van der Waals surface area (Å²) in [6.07, 6.45) is 0. The van der Waals surface area contributed by atoms with E-state index in [1.165, 1.54) is 0 Å². The minimum absolute atomic E-state index is 0.00885. The highest BCUT2D eigenvalue weighted by Gasteiger charge is 2.64. The van der Waals surface area contributed by atoms with Gasteiger partial charge >= 0.3 is 0 Å². The zero-order valence-electron chi connectivity index (χ0n) is 20.9. The number of hydrogen-bond acceptors (Lipinski definition) is 7. The molecule has 0 aromatic heterocycles. The summed E-state index contributed by atoms with van der Waals surface area (Å²) >= 11 is 0. The molecule has 36 heavy (non-hydrogen) atoms. The summed E-state index contributed by atoms with van der Waals surface area (Å²) in [5.41, 5.74) is 10.5. The van der Waals surface area contributed by atoms with Gasteiger partial charge in [-0.15, -0.1) is 0 Å². The molecule has 9 heteroatoms. The zero-order valence-corrected chi connectivity index (χ0v) is 20.9. The van der Waals surface area contributed by atoms with Gasteiger partial charge in [0.25, 0.3) is 0 Å². The van der Waals surface area contributed by atoms with Gasteiger partial charge in [-0.05, 0) is 13.0 Å². The van der Waals surface area contributed by atoms with Crippen molar-refractivity contribution >= 4 is 17.0 Å². The van der Waals surface area contributed by atoms with Gasteiger partial charge in [0.1, 0.15) is 57.5 Å². The number of nitrogens with two attached hydrogens (primary N) is 1. The molecular formula is C27H35N3O6+2. The first-order chi connectivity index (χ1) is 17.5. The predicted molar refractivity (Wildman–Crippen MR) is 132 cm³/mol. The van der Waals surface area contributed by atoms with E-state index < -0.39 is 11.6 Å². The van der Waals surface area contributed by atoms with Crippen molar-refractivity contribution < 1.29 is 33.0 Å². The molecule has 1 aromatic carbocycles. The molecule has 8 rings (SSSR count). The van der Waals surface area contributed by atoms with Crippen molar-refractivity contribution in [1.29, 1.82) is 0 Å². The fraction of sp³-hybridized carbons (Fsp3) is 0.593. The van der Waals surface area contributed by atoms with E-state index in [-0.39, 0.29) is 5.78 Å². The molecule has 0 radical (unpaired) electrons. The van der Waals surface area contributed by atoms with E-state index in [1.807, 2.05) is 19.1 Å². The highest BCUT2D eigenvalue weighted by atomic mass is 16.6. The Labute approximate surface area is 211 Å². The average molecular weight is 498 g/mol. The van der Waals surface area contributed by atoms with Crippen molar-refractivity contribution in [3.05, 3.63) is 46.5 Å². The fourth-order valence-electron chi connectivity index (χ4n) is 7.35. The van der Waals surface area contributed by atoms with E-state index >= 15 is 0 Å². The molecular weight excluding hydrogens is 462 g/mol. The SMILES string of the molecule is CCOC1=C2c3c4cccc3[N+]3(CCOCC3)CCOC3=C1[N+]1(CCOCC1)CCOC3(N)C2C4=O. The van der Waals surface area contributed by atoms with Crippen LogP contribution in [-0.4, -0.2) is 102 Å². The normalized spacial score (nSPS) is 32.1. The molecule has 192 valence electrons. The molecule has 5 heterocycles. The van der Waals surface area contributed by atoms with E-state index in [0.717, 1.165) is 72.0 Å².